The van der Waals surface area contributed by atoms with Crippen LogP contribution in [0.25, 0.3) is 0 Å². The van der Waals surface area contributed by atoms with E-state index in [0.717, 1.165) is 0 Å². The Morgan fingerprint density at radius 2 is 1.85 bits per heavy atom. The van der Waals surface area contributed by atoms with Crippen LogP contribution in [0.4, 0.5) is 13.2 Å². The largest absolute Gasteiger partial charge is 0.471 e. The maximum atomic E-state index is 11.5. The zero-order chi connectivity index (χ0) is 10.5. The smallest absolute Gasteiger partial charge is 0.329 e. The van der Waals surface area contributed by atoms with E-state index in [4.69, 9.17) is 6.58 Å². The summed E-state index contributed by atoms with van der Waals surface area (Å²) >= 11 is 0. The molecule has 0 aromatic rings. The minimum Gasteiger partial charge on any atom is -0.329 e. The number of carbonyl (C=O) groups is 2. The Bertz CT molecular complexity index is 224. The molecule has 0 unspecified atom stereocenters. The summed E-state index contributed by atoms with van der Waals surface area (Å²) in [4.78, 5) is 20.4. The van der Waals surface area contributed by atoms with Gasteiger partial charge < -0.3 is 5.32 Å². The molecule has 0 aliphatic heterocycles. The van der Waals surface area contributed by atoms with Gasteiger partial charge in [-0.05, 0) is 0 Å². The van der Waals surface area contributed by atoms with E-state index in [-0.39, 0.29) is 0 Å². The molecule has 13 heavy (non-hydrogen) atoms. The quantitative estimate of drug-likeness (QED) is 0.370. The summed E-state index contributed by atoms with van der Waals surface area (Å²) in [6, 6.07) is 0. The number of halogens is 3. The molecular formula is C6H6F3N2O2+. The molecule has 4 nitrogen and oxygen atoms in total. The number of nitrogens with one attached hydrogen (secondary N) is 2. The van der Waals surface area contributed by atoms with Crippen LogP contribution in [-0.4, -0.2) is 24.7 Å². The van der Waals surface area contributed by atoms with Gasteiger partial charge in [0, 0.05) is 0 Å². The van der Waals surface area contributed by atoms with E-state index in [1.807, 2.05) is 5.32 Å². The van der Waals surface area contributed by atoms with Crippen molar-refractivity contribution in [3.05, 3.63) is 12.7 Å². The number of alkyl halides is 3. The lowest BCUT2D eigenvalue weighted by molar-refractivity contribution is -0.173. The normalized spacial score (nSPS) is 10.3. The molecule has 2 amide bonds. The second kappa shape index (κ2) is 4.42. The summed E-state index contributed by atoms with van der Waals surface area (Å²) < 4.78 is 34.5. The SMILES string of the molecule is [CH+]=CC(=O)NCNC(=O)C(F)(F)F. The Kier molecular flexibility index (Phi) is 3.87. The number of hydrogen-bond acceptors (Lipinski definition) is 2. The highest BCUT2D eigenvalue weighted by atomic mass is 19.4. The van der Waals surface area contributed by atoms with Gasteiger partial charge in [-0.25, -0.2) is 0 Å². The first kappa shape index (κ1) is 11.4. The lowest BCUT2D eigenvalue weighted by atomic mass is 10.5. The van der Waals surface area contributed by atoms with Crippen LogP contribution in [0.5, 0.6) is 0 Å². The van der Waals surface area contributed by atoms with Crippen molar-refractivity contribution >= 4 is 11.8 Å². The van der Waals surface area contributed by atoms with Crippen LogP contribution in [0.15, 0.2) is 6.08 Å². The molecule has 0 aliphatic rings. The minimum atomic E-state index is -4.95. The van der Waals surface area contributed by atoms with E-state index in [1.165, 1.54) is 5.32 Å². The van der Waals surface area contributed by atoms with E-state index in [9.17, 15) is 22.8 Å². The first-order chi connectivity index (χ1) is 5.88. The number of hydrogen-bond donors (Lipinski definition) is 2. The molecule has 0 aromatic carbocycles. The fourth-order valence-electron chi connectivity index (χ4n) is 0.371. The van der Waals surface area contributed by atoms with Gasteiger partial charge in [0.1, 0.15) is 6.67 Å². The van der Waals surface area contributed by atoms with Crippen LogP contribution in [0.1, 0.15) is 0 Å². The third-order valence-electron chi connectivity index (χ3n) is 0.920. The number of amides is 2. The van der Waals surface area contributed by atoms with Gasteiger partial charge in [-0.2, -0.15) is 13.2 Å². The minimum absolute atomic E-state index is 0.620. The van der Waals surface area contributed by atoms with Crippen molar-refractivity contribution in [2.24, 2.45) is 0 Å². The highest BCUT2D eigenvalue weighted by Crippen LogP contribution is 2.13. The molecule has 0 atom stereocenters. The molecule has 0 bridgehead atoms. The molecule has 0 spiro atoms. The van der Waals surface area contributed by atoms with E-state index >= 15 is 0 Å². The fourth-order valence-corrected chi connectivity index (χ4v) is 0.371. The maximum Gasteiger partial charge on any atom is 0.471 e. The van der Waals surface area contributed by atoms with Gasteiger partial charge >= 0.3 is 18.0 Å². The van der Waals surface area contributed by atoms with Crippen molar-refractivity contribution in [3.63, 3.8) is 0 Å². The van der Waals surface area contributed by atoms with Crippen molar-refractivity contribution in [1.29, 1.82) is 0 Å². The summed E-state index contributed by atoms with van der Waals surface area (Å²) in [5, 5.41) is 3.30. The van der Waals surface area contributed by atoms with Gasteiger partial charge in [-0.1, -0.05) is 0 Å². The van der Waals surface area contributed by atoms with Crippen LogP contribution in [-0.2, 0) is 9.59 Å². The Hall–Kier alpha value is -1.62. The topological polar surface area (TPSA) is 58.2 Å². The predicted molar refractivity (Wildman–Crippen MR) is 36.1 cm³/mol. The van der Waals surface area contributed by atoms with Crippen LogP contribution in [0.2, 0.25) is 0 Å². The van der Waals surface area contributed by atoms with Gasteiger partial charge in [-0.15, -0.1) is 4.79 Å². The molecule has 0 radical (unpaired) electrons. The van der Waals surface area contributed by atoms with Gasteiger partial charge in [0.25, 0.3) is 0 Å². The zero-order valence-electron chi connectivity index (χ0n) is 6.31. The average Bonchev–Trinajstić information content (AvgIpc) is 2.02. The number of rotatable bonds is 3. The summed E-state index contributed by atoms with van der Waals surface area (Å²) in [5.74, 6) is -2.90. The van der Waals surface area contributed by atoms with Crippen molar-refractivity contribution in [2.75, 3.05) is 6.67 Å². The maximum absolute atomic E-state index is 11.5. The highest BCUT2D eigenvalue weighted by molar-refractivity contribution is 5.87. The molecule has 0 saturated carbocycles. The van der Waals surface area contributed by atoms with E-state index in [2.05, 4.69) is 0 Å². The van der Waals surface area contributed by atoms with Gasteiger partial charge in [0.15, 0.2) is 0 Å². The molecule has 0 fully saturated rings. The van der Waals surface area contributed by atoms with E-state index in [1.54, 1.807) is 0 Å². The van der Waals surface area contributed by atoms with E-state index < -0.39 is 24.7 Å². The fraction of sp³-hybridized carbons (Fsp3) is 0.333. The van der Waals surface area contributed by atoms with Gasteiger partial charge in [-0.3, -0.25) is 10.1 Å². The predicted octanol–water partition coefficient (Wildman–Crippen LogP) is -0.272. The average molecular weight is 195 g/mol. The third kappa shape index (κ3) is 4.76. The van der Waals surface area contributed by atoms with Crippen molar-refractivity contribution in [2.45, 2.75) is 6.18 Å². The lowest BCUT2D eigenvalue weighted by Crippen LogP contribution is -2.43. The second-order valence-electron chi connectivity index (χ2n) is 1.89. The first-order valence-corrected chi connectivity index (χ1v) is 3.05. The molecular weight excluding hydrogens is 189 g/mol. The summed E-state index contributed by atoms with van der Waals surface area (Å²) in [6.07, 6.45) is -4.32. The Morgan fingerprint density at radius 3 is 2.23 bits per heavy atom. The molecule has 2 N–H and O–H groups in total. The van der Waals surface area contributed by atoms with Gasteiger partial charge in [0.2, 0.25) is 6.08 Å². The Morgan fingerprint density at radius 1 is 1.31 bits per heavy atom. The van der Waals surface area contributed by atoms with Crippen LogP contribution >= 0.6 is 0 Å². The van der Waals surface area contributed by atoms with E-state index in [0.29, 0.717) is 6.08 Å². The standard InChI is InChI=1S/C6H5F3N2O2/c1-2-4(12)10-3-11-5(13)6(7,8)9/h1-2H,3H2,(H-,10,11,12,13)/p+1. The first-order valence-electron chi connectivity index (χ1n) is 3.05. The van der Waals surface area contributed by atoms with Crippen LogP contribution in [0.3, 0.4) is 0 Å². The zero-order valence-corrected chi connectivity index (χ0v) is 6.31. The summed E-state index contributed by atoms with van der Waals surface area (Å²) in [6.45, 7) is 4.08. The molecule has 0 aromatic heterocycles. The van der Waals surface area contributed by atoms with Crippen molar-refractivity contribution in [1.82, 2.24) is 10.6 Å². The molecule has 0 saturated heterocycles. The summed E-state index contributed by atoms with van der Waals surface area (Å²) in [5.41, 5.74) is 0. The summed E-state index contributed by atoms with van der Waals surface area (Å²) in [7, 11) is 0. The second-order valence-corrected chi connectivity index (χ2v) is 1.89. The monoisotopic (exact) mass is 195 g/mol. The Labute approximate surface area is 71.8 Å². The van der Waals surface area contributed by atoms with Crippen LogP contribution in [0, 0.1) is 6.58 Å². The molecule has 7 heteroatoms. The Balaban J connectivity index is 3.73. The molecule has 0 heterocycles. The van der Waals surface area contributed by atoms with Crippen molar-refractivity contribution in [3.8, 4) is 0 Å². The lowest BCUT2D eigenvalue weighted by Gasteiger charge is -2.05. The molecule has 0 aliphatic carbocycles. The third-order valence-corrected chi connectivity index (χ3v) is 0.920. The molecule has 0 rings (SSSR count). The molecule has 72 valence electrons. The van der Waals surface area contributed by atoms with Crippen LogP contribution < -0.4 is 10.6 Å². The van der Waals surface area contributed by atoms with Crippen molar-refractivity contribution < 1.29 is 22.8 Å². The number of carbonyl (C=O) groups excluding carboxylic acids is 2. The highest BCUT2D eigenvalue weighted by Gasteiger charge is 2.38. The van der Waals surface area contributed by atoms with Gasteiger partial charge in [0.05, 0.1) is 6.58 Å².